The number of nitrogens with zero attached hydrogens (tertiary/aromatic N) is 1. The van der Waals surface area contributed by atoms with Gasteiger partial charge < -0.3 is 10.2 Å². The van der Waals surface area contributed by atoms with Crippen molar-refractivity contribution in [2.24, 2.45) is 0 Å². The highest BCUT2D eigenvalue weighted by atomic mass is 15.0. The molecule has 1 aliphatic carbocycles. The van der Waals surface area contributed by atoms with Crippen molar-refractivity contribution < 1.29 is 0 Å². The fraction of sp³-hybridized carbons (Fsp3) is 0.625. The summed E-state index contributed by atoms with van der Waals surface area (Å²) in [6.07, 6.45) is 5.32. The van der Waals surface area contributed by atoms with E-state index in [-0.39, 0.29) is 0 Å². The Labute approximate surface area is 111 Å². The van der Waals surface area contributed by atoms with E-state index in [1.807, 2.05) is 0 Å². The second-order valence-corrected chi connectivity index (χ2v) is 5.71. The normalized spacial score (nSPS) is 15.3. The molecule has 0 heterocycles. The van der Waals surface area contributed by atoms with Gasteiger partial charge in [0.15, 0.2) is 0 Å². The summed E-state index contributed by atoms with van der Waals surface area (Å²) in [6, 6.07) is 9.10. The highest BCUT2D eigenvalue weighted by Crippen LogP contribution is 2.40. The number of hydrogen-bond acceptors (Lipinski definition) is 2. The van der Waals surface area contributed by atoms with E-state index in [1.54, 1.807) is 5.56 Å². The Bertz CT molecular complexity index is 356. The SMILES string of the molecule is CN(C)CCCCNCc1cccc(C2CC2)c1. The minimum Gasteiger partial charge on any atom is -0.313 e. The van der Waals surface area contributed by atoms with Gasteiger partial charge in [0.25, 0.3) is 0 Å². The lowest BCUT2D eigenvalue weighted by Gasteiger charge is -2.10. The van der Waals surface area contributed by atoms with Crippen LogP contribution in [-0.2, 0) is 6.54 Å². The Morgan fingerprint density at radius 1 is 1.22 bits per heavy atom. The summed E-state index contributed by atoms with van der Waals surface area (Å²) in [6.45, 7) is 3.34. The van der Waals surface area contributed by atoms with Crippen LogP contribution in [0.2, 0.25) is 0 Å². The first-order chi connectivity index (χ1) is 8.75. The molecule has 2 rings (SSSR count). The van der Waals surface area contributed by atoms with Crippen LogP contribution in [0.25, 0.3) is 0 Å². The number of nitrogens with one attached hydrogen (secondary N) is 1. The van der Waals surface area contributed by atoms with E-state index in [0.29, 0.717) is 0 Å². The first kappa shape index (κ1) is 13.6. The Kier molecular flexibility index (Phi) is 5.21. The molecule has 0 bridgehead atoms. The van der Waals surface area contributed by atoms with Gasteiger partial charge in [-0.2, -0.15) is 0 Å². The second kappa shape index (κ2) is 6.91. The Morgan fingerprint density at radius 3 is 2.78 bits per heavy atom. The monoisotopic (exact) mass is 246 g/mol. The van der Waals surface area contributed by atoms with Crippen molar-refractivity contribution in [3.8, 4) is 0 Å². The quantitative estimate of drug-likeness (QED) is 0.709. The van der Waals surface area contributed by atoms with Crippen molar-refractivity contribution in [1.82, 2.24) is 10.2 Å². The molecule has 1 fully saturated rings. The summed E-state index contributed by atoms with van der Waals surface area (Å²) >= 11 is 0. The predicted octanol–water partition coefficient (Wildman–Crippen LogP) is 3.00. The van der Waals surface area contributed by atoms with Gasteiger partial charge in [0.05, 0.1) is 0 Å². The third-order valence-electron chi connectivity index (χ3n) is 3.54. The summed E-state index contributed by atoms with van der Waals surface area (Å²) < 4.78 is 0. The van der Waals surface area contributed by atoms with Gasteiger partial charge >= 0.3 is 0 Å². The topological polar surface area (TPSA) is 15.3 Å². The minimum absolute atomic E-state index is 0.866. The zero-order valence-corrected chi connectivity index (χ0v) is 11.8. The Hall–Kier alpha value is -0.860. The molecule has 0 saturated heterocycles. The van der Waals surface area contributed by atoms with E-state index < -0.39 is 0 Å². The smallest absolute Gasteiger partial charge is 0.0205 e. The molecule has 18 heavy (non-hydrogen) atoms. The number of rotatable bonds is 8. The van der Waals surface area contributed by atoms with E-state index in [0.717, 1.165) is 19.0 Å². The predicted molar refractivity (Wildman–Crippen MR) is 77.9 cm³/mol. The van der Waals surface area contributed by atoms with Gasteiger partial charge in [0.2, 0.25) is 0 Å². The van der Waals surface area contributed by atoms with Crippen LogP contribution in [0.3, 0.4) is 0 Å². The molecule has 0 radical (unpaired) electrons. The lowest BCUT2D eigenvalue weighted by Crippen LogP contribution is -2.18. The van der Waals surface area contributed by atoms with Gasteiger partial charge in [-0.15, -0.1) is 0 Å². The minimum atomic E-state index is 0.866. The van der Waals surface area contributed by atoms with Crippen molar-refractivity contribution in [3.05, 3.63) is 35.4 Å². The largest absolute Gasteiger partial charge is 0.313 e. The molecule has 1 aromatic rings. The maximum Gasteiger partial charge on any atom is 0.0205 e. The Morgan fingerprint density at radius 2 is 2.06 bits per heavy atom. The van der Waals surface area contributed by atoms with E-state index in [4.69, 9.17) is 0 Å². The van der Waals surface area contributed by atoms with E-state index >= 15 is 0 Å². The van der Waals surface area contributed by atoms with Crippen LogP contribution < -0.4 is 5.32 Å². The maximum absolute atomic E-state index is 3.54. The first-order valence-corrected chi connectivity index (χ1v) is 7.20. The molecule has 2 nitrogen and oxygen atoms in total. The molecule has 0 aromatic heterocycles. The Balaban J connectivity index is 1.62. The van der Waals surface area contributed by atoms with Gasteiger partial charge in [0, 0.05) is 6.54 Å². The van der Waals surface area contributed by atoms with E-state index in [2.05, 4.69) is 48.6 Å². The molecule has 0 atom stereocenters. The van der Waals surface area contributed by atoms with Crippen LogP contribution in [0.1, 0.15) is 42.7 Å². The highest BCUT2D eigenvalue weighted by molar-refractivity contribution is 5.29. The van der Waals surface area contributed by atoms with E-state index in [1.165, 1.54) is 37.8 Å². The summed E-state index contributed by atoms with van der Waals surface area (Å²) in [5.74, 6) is 0.866. The van der Waals surface area contributed by atoms with Gasteiger partial charge in [-0.1, -0.05) is 24.3 Å². The van der Waals surface area contributed by atoms with Crippen molar-refractivity contribution in [2.45, 2.75) is 38.1 Å². The fourth-order valence-electron chi connectivity index (χ4n) is 2.28. The summed E-state index contributed by atoms with van der Waals surface area (Å²) in [5, 5.41) is 3.54. The fourth-order valence-corrected chi connectivity index (χ4v) is 2.28. The molecule has 1 aliphatic rings. The van der Waals surface area contributed by atoms with Crippen LogP contribution in [-0.4, -0.2) is 32.1 Å². The summed E-state index contributed by atoms with van der Waals surface area (Å²) in [4.78, 5) is 2.25. The van der Waals surface area contributed by atoms with Gasteiger partial charge in [-0.05, 0) is 69.9 Å². The zero-order valence-electron chi connectivity index (χ0n) is 11.8. The molecular weight excluding hydrogens is 220 g/mol. The third kappa shape index (κ3) is 4.79. The number of benzene rings is 1. The lowest BCUT2D eigenvalue weighted by molar-refractivity contribution is 0.391. The van der Waals surface area contributed by atoms with Gasteiger partial charge in [-0.25, -0.2) is 0 Å². The lowest BCUT2D eigenvalue weighted by atomic mass is 10.1. The van der Waals surface area contributed by atoms with Crippen molar-refractivity contribution in [3.63, 3.8) is 0 Å². The van der Waals surface area contributed by atoms with Crippen molar-refractivity contribution >= 4 is 0 Å². The molecule has 1 N–H and O–H groups in total. The molecule has 0 unspecified atom stereocenters. The standard InChI is InChI=1S/C16H26N2/c1-18(2)11-4-3-10-17-13-14-6-5-7-16(12-14)15-8-9-15/h5-7,12,15,17H,3-4,8-11,13H2,1-2H3. The van der Waals surface area contributed by atoms with Gasteiger partial charge in [-0.3, -0.25) is 0 Å². The molecule has 1 aromatic carbocycles. The highest BCUT2D eigenvalue weighted by Gasteiger charge is 2.23. The number of hydrogen-bond donors (Lipinski definition) is 1. The average molecular weight is 246 g/mol. The maximum atomic E-state index is 3.54. The molecule has 0 amide bonds. The summed E-state index contributed by atoms with van der Waals surface area (Å²) in [7, 11) is 4.27. The van der Waals surface area contributed by atoms with Crippen LogP contribution in [0, 0.1) is 0 Å². The molecule has 2 heteroatoms. The van der Waals surface area contributed by atoms with Crippen molar-refractivity contribution in [1.29, 1.82) is 0 Å². The van der Waals surface area contributed by atoms with E-state index in [9.17, 15) is 0 Å². The number of unbranched alkanes of at least 4 members (excludes halogenated alkanes) is 1. The first-order valence-electron chi connectivity index (χ1n) is 7.20. The summed E-state index contributed by atoms with van der Waals surface area (Å²) in [5.41, 5.74) is 2.98. The van der Waals surface area contributed by atoms with Crippen molar-refractivity contribution in [2.75, 3.05) is 27.2 Å². The zero-order chi connectivity index (χ0) is 12.8. The van der Waals surface area contributed by atoms with Crippen LogP contribution in [0.15, 0.2) is 24.3 Å². The molecule has 0 spiro atoms. The average Bonchev–Trinajstić information content (AvgIpc) is 3.18. The second-order valence-electron chi connectivity index (χ2n) is 5.71. The van der Waals surface area contributed by atoms with Crippen LogP contribution in [0.5, 0.6) is 0 Å². The molecule has 100 valence electrons. The van der Waals surface area contributed by atoms with Crippen LogP contribution in [0.4, 0.5) is 0 Å². The molecular formula is C16H26N2. The van der Waals surface area contributed by atoms with Gasteiger partial charge in [0.1, 0.15) is 0 Å². The third-order valence-corrected chi connectivity index (χ3v) is 3.54. The molecule has 0 aliphatic heterocycles. The van der Waals surface area contributed by atoms with Crippen LogP contribution >= 0.6 is 0 Å². The molecule has 1 saturated carbocycles.